The monoisotopic (exact) mass is 394 g/mol. The molecular weight excluding hydrogens is 372 g/mol. The molecular formula is C19H23ClN2O3S. The summed E-state index contributed by atoms with van der Waals surface area (Å²) < 4.78 is 28.2. The van der Waals surface area contributed by atoms with Gasteiger partial charge in [0.15, 0.2) is 0 Å². The lowest BCUT2D eigenvalue weighted by atomic mass is 10.1. The van der Waals surface area contributed by atoms with Crippen molar-refractivity contribution in [2.75, 3.05) is 11.3 Å². The van der Waals surface area contributed by atoms with Gasteiger partial charge in [-0.05, 0) is 55.2 Å². The lowest BCUT2D eigenvalue weighted by Crippen LogP contribution is -2.27. The van der Waals surface area contributed by atoms with Gasteiger partial charge in [0.1, 0.15) is 4.90 Å². The minimum absolute atomic E-state index is 0.0585. The first kappa shape index (κ1) is 20.3. The van der Waals surface area contributed by atoms with E-state index in [9.17, 15) is 13.2 Å². The molecule has 1 amide bonds. The summed E-state index contributed by atoms with van der Waals surface area (Å²) in [6.45, 7) is 8.20. The second-order valence-corrected chi connectivity index (χ2v) is 8.66. The highest BCUT2D eigenvalue weighted by Crippen LogP contribution is 2.27. The van der Waals surface area contributed by atoms with E-state index in [-0.39, 0.29) is 21.4 Å². The normalized spacial score (nSPS) is 11.5. The summed E-state index contributed by atoms with van der Waals surface area (Å²) in [7, 11) is -3.93. The van der Waals surface area contributed by atoms with Gasteiger partial charge in [0.25, 0.3) is 15.9 Å². The molecule has 26 heavy (non-hydrogen) atoms. The van der Waals surface area contributed by atoms with Crippen molar-refractivity contribution in [3.05, 3.63) is 58.1 Å². The van der Waals surface area contributed by atoms with Gasteiger partial charge >= 0.3 is 0 Å². The van der Waals surface area contributed by atoms with E-state index in [1.807, 2.05) is 33.8 Å². The topological polar surface area (TPSA) is 75.3 Å². The number of halogens is 1. The number of nitrogens with one attached hydrogen (secondary N) is 2. The van der Waals surface area contributed by atoms with E-state index in [0.717, 1.165) is 11.1 Å². The highest BCUT2D eigenvalue weighted by atomic mass is 35.5. The van der Waals surface area contributed by atoms with E-state index < -0.39 is 10.0 Å². The lowest BCUT2D eigenvalue weighted by Gasteiger charge is -2.14. The molecule has 0 radical (unpaired) electrons. The van der Waals surface area contributed by atoms with Gasteiger partial charge in [-0.2, -0.15) is 0 Å². The van der Waals surface area contributed by atoms with Crippen LogP contribution in [-0.2, 0) is 10.0 Å². The Morgan fingerprint density at radius 1 is 1.15 bits per heavy atom. The zero-order valence-corrected chi connectivity index (χ0v) is 16.8. The van der Waals surface area contributed by atoms with Crippen LogP contribution in [0.15, 0.2) is 41.3 Å². The fraction of sp³-hybridized carbons (Fsp3) is 0.316. The first-order chi connectivity index (χ1) is 12.1. The van der Waals surface area contributed by atoms with E-state index in [0.29, 0.717) is 18.2 Å². The Hall–Kier alpha value is -2.05. The summed E-state index contributed by atoms with van der Waals surface area (Å²) in [5.41, 5.74) is 2.53. The number of amides is 1. The molecule has 0 atom stereocenters. The van der Waals surface area contributed by atoms with E-state index >= 15 is 0 Å². The Labute approximate surface area is 159 Å². The molecule has 5 nitrogen and oxygen atoms in total. The van der Waals surface area contributed by atoms with Gasteiger partial charge in [-0.1, -0.05) is 37.6 Å². The zero-order chi connectivity index (χ0) is 19.5. The van der Waals surface area contributed by atoms with Crippen LogP contribution in [-0.4, -0.2) is 20.9 Å². The second kappa shape index (κ2) is 8.10. The smallest absolute Gasteiger partial charge is 0.263 e. The molecule has 0 aliphatic rings. The maximum absolute atomic E-state index is 12.8. The van der Waals surface area contributed by atoms with Crippen molar-refractivity contribution in [3.8, 4) is 0 Å². The summed E-state index contributed by atoms with van der Waals surface area (Å²) in [6, 6.07) is 9.59. The van der Waals surface area contributed by atoms with Gasteiger partial charge in [0.05, 0.1) is 10.7 Å². The van der Waals surface area contributed by atoms with Crippen LogP contribution < -0.4 is 10.0 Å². The average Bonchev–Trinajstić information content (AvgIpc) is 2.57. The van der Waals surface area contributed by atoms with E-state index in [2.05, 4.69) is 10.0 Å². The van der Waals surface area contributed by atoms with Crippen LogP contribution in [0.2, 0.25) is 5.02 Å². The third-order valence-electron chi connectivity index (χ3n) is 4.00. The SMILES string of the molecule is Cc1cccc(NS(=O)(=O)c2cc(C(=O)NCC(C)C)ccc2Cl)c1C. The van der Waals surface area contributed by atoms with E-state index in [1.54, 1.807) is 12.1 Å². The quantitative estimate of drug-likeness (QED) is 0.772. The number of hydrogen-bond donors (Lipinski definition) is 2. The predicted octanol–water partition coefficient (Wildman–Crippen LogP) is 4.14. The molecule has 0 aromatic heterocycles. The molecule has 0 spiro atoms. The summed E-state index contributed by atoms with van der Waals surface area (Å²) in [5.74, 6) is -0.0426. The zero-order valence-electron chi connectivity index (χ0n) is 15.3. The number of rotatable bonds is 6. The Balaban J connectivity index is 2.35. The Kier molecular flexibility index (Phi) is 6.31. The summed E-state index contributed by atoms with van der Waals surface area (Å²) in [4.78, 5) is 12.1. The van der Waals surface area contributed by atoms with Crippen LogP contribution >= 0.6 is 11.6 Å². The molecule has 0 heterocycles. The molecule has 2 aromatic rings. The fourth-order valence-electron chi connectivity index (χ4n) is 2.31. The van der Waals surface area contributed by atoms with E-state index in [1.165, 1.54) is 18.2 Å². The average molecular weight is 395 g/mol. The molecule has 0 saturated heterocycles. The van der Waals surface area contributed by atoms with Crippen LogP contribution in [0.5, 0.6) is 0 Å². The highest BCUT2D eigenvalue weighted by molar-refractivity contribution is 7.92. The Bertz CT molecular complexity index is 924. The third-order valence-corrected chi connectivity index (χ3v) is 5.85. The molecule has 2 rings (SSSR count). The Morgan fingerprint density at radius 2 is 1.85 bits per heavy atom. The molecule has 0 fully saturated rings. The number of benzene rings is 2. The number of aryl methyl sites for hydroxylation is 1. The lowest BCUT2D eigenvalue weighted by molar-refractivity contribution is 0.0949. The van der Waals surface area contributed by atoms with Crippen molar-refractivity contribution < 1.29 is 13.2 Å². The summed E-state index contributed by atoms with van der Waals surface area (Å²) >= 11 is 6.10. The van der Waals surface area contributed by atoms with Gasteiger partial charge < -0.3 is 5.32 Å². The fourth-order valence-corrected chi connectivity index (χ4v) is 3.96. The molecule has 7 heteroatoms. The first-order valence-corrected chi connectivity index (χ1v) is 10.1. The highest BCUT2D eigenvalue weighted by Gasteiger charge is 2.21. The third kappa shape index (κ3) is 4.77. The molecule has 0 bridgehead atoms. The van der Waals surface area contributed by atoms with Gasteiger partial charge in [-0.3, -0.25) is 9.52 Å². The van der Waals surface area contributed by atoms with Crippen molar-refractivity contribution in [3.63, 3.8) is 0 Å². The molecule has 0 aliphatic carbocycles. The van der Waals surface area contributed by atoms with E-state index in [4.69, 9.17) is 11.6 Å². The van der Waals surface area contributed by atoms with Crippen molar-refractivity contribution in [2.24, 2.45) is 5.92 Å². The minimum atomic E-state index is -3.93. The number of carbonyl (C=O) groups is 1. The second-order valence-electron chi connectivity index (χ2n) is 6.60. The van der Waals surface area contributed by atoms with Gasteiger partial charge in [0.2, 0.25) is 0 Å². The molecule has 0 saturated carbocycles. The molecule has 2 N–H and O–H groups in total. The van der Waals surface area contributed by atoms with Gasteiger partial charge in [-0.25, -0.2) is 8.42 Å². The van der Waals surface area contributed by atoms with Crippen LogP contribution in [0.25, 0.3) is 0 Å². The molecule has 140 valence electrons. The predicted molar refractivity (Wildman–Crippen MR) is 105 cm³/mol. The maximum Gasteiger partial charge on any atom is 0.263 e. The summed E-state index contributed by atoms with van der Waals surface area (Å²) in [6.07, 6.45) is 0. The van der Waals surface area contributed by atoms with Gasteiger partial charge in [-0.15, -0.1) is 0 Å². The van der Waals surface area contributed by atoms with Crippen molar-refractivity contribution in [1.29, 1.82) is 0 Å². The number of hydrogen-bond acceptors (Lipinski definition) is 3. The van der Waals surface area contributed by atoms with Gasteiger partial charge in [0, 0.05) is 12.1 Å². The van der Waals surface area contributed by atoms with Crippen molar-refractivity contribution in [2.45, 2.75) is 32.6 Å². The Morgan fingerprint density at radius 3 is 2.50 bits per heavy atom. The molecule has 0 aliphatic heterocycles. The number of anilines is 1. The maximum atomic E-state index is 12.8. The summed E-state index contributed by atoms with van der Waals surface area (Å²) in [5, 5.41) is 2.82. The number of sulfonamides is 1. The van der Waals surface area contributed by atoms with Crippen molar-refractivity contribution in [1.82, 2.24) is 5.32 Å². The van der Waals surface area contributed by atoms with Crippen LogP contribution in [0, 0.1) is 19.8 Å². The molecule has 2 aromatic carbocycles. The van der Waals surface area contributed by atoms with Crippen molar-refractivity contribution >= 4 is 33.2 Å². The standard InChI is InChI=1S/C19H23ClN2O3S/c1-12(2)11-21-19(23)15-8-9-16(20)18(10-15)26(24,25)22-17-7-5-6-13(3)14(17)4/h5-10,12,22H,11H2,1-4H3,(H,21,23). The van der Waals surface area contributed by atoms with Crippen LogP contribution in [0.3, 0.4) is 0 Å². The first-order valence-electron chi connectivity index (χ1n) is 8.28. The van der Waals surface area contributed by atoms with Crippen LogP contribution in [0.4, 0.5) is 5.69 Å². The molecule has 0 unspecified atom stereocenters. The minimum Gasteiger partial charge on any atom is -0.352 e. The van der Waals surface area contributed by atoms with Crippen LogP contribution in [0.1, 0.15) is 35.3 Å². The largest absolute Gasteiger partial charge is 0.352 e. The number of carbonyl (C=O) groups excluding carboxylic acids is 1.